The number of piperidine rings is 1. The van der Waals surface area contributed by atoms with Crippen molar-refractivity contribution in [2.75, 3.05) is 27.2 Å². The molecule has 0 bridgehead atoms. The number of ether oxygens (including phenoxy) is 1. The van der Waals surface area contributed by atoms with E-state index in [1.54, 1.807) is 13.3 Å². The van der Waals surface area contributed by atoms with Crippen molar-refractivity contribution in [3.8, 4) is 28.3 Å². The lowest BCUT2D eigenvalue weighted by Crippen LogP contribution is -2.29. The topological polar surface area (TPSA) is 104 Å². The zero-order valence-electron chi connectivity index (χ0n) is 18.0. The first-order chi connectivity index (χ1) is 15.5. The van der Waals surface area contributed by atoms with Gasteiger partial charge in [0.1, 0.15) is 17.7 Å². The highest BCUT2D eigenvalue weighted by atomic mass is 16.5. The Morgan fingerprint density at radius 1 is 1.25 bits per heavy atom. The number of carbonyl (C=O) groups is 1. The molecule has 0 aliphatic carbocycles. The minimum absolute atomic E-state index is 0.132. The van der Waals surface area contributed by atoms with E-state index in [2.05, 4.69) is 45.1 Å². The average molecular weight is 432 g/mol. The number of rotatable bonds is 5. The van der Waals surface area contributed by atoms with E-state index in [1.807, 2.05) is 12.3 Å². The molecule has 0 saturated carbocycles. The van der Waals surface area contributed by atoms with E-state index >= 15 is 0 Å². The van der Waals surface area contributed by atoms with E-state index in [1.165, 1.54) is 5.56 Å². The number of benzene rings is 1. The molecule has 1 aliphatic rings. The number of methoxy groups -OCH3 is 1. The Hall–Kier alpha value is -3.65. The van der Waals surface area contributed by atoms with Gasteiger partial charge in [-0.1, -0.05) is 12.1 Å². The predicted molar refractivity (Wildman–Crippen MR) is 120 cm³/mol. The number of hydrogen-bond acceptors (Lipinski definition) is 6. The third-order valence-electron chi connectivity index (χ3n) is 6.21. The summed E-state index contributed by atoms with van der Waals surface area (Å²) >= 11 is 0. The highest BCUT2D eigenvalue weighted by molar-refractivity contribution is 5.94. The average Bonchev–Trinajstić information content (AvgIpc) is 3.46. The molecule has 8 heteroatoms. The second-order valence-corrected chi connectivity index (χ2v) is 8.20. The number of likely N-dealkylation sites (tertiary alicyclic amines) is 1. The Morgan fingerprint density at radius 2 is 2.06 bits per heavy atom. The zero-order valence-corrected chi connectivity index (χ0v) is 18.0. The summed E-state index contributed by atoms with van der Waals surface area (Å²) in [6, 6.07) is 8.35. The Morgan fingerprint density at radius 3 is 2.78 bits per heavy atom. The van der Waals surface area contributed by atoms with Crippen LogP contribution in [0.1, 0.15) is 34.8 Å². The smallest absolute Gasteiger partial charge is 0.357 e. The van der Waals surface area contributed by atoms with Crippen LogP contribution >= 0.6 is 0 Å². The minimum Gasteiger partial charge on any atom is -0.496 e. The molecule has 0 atom stereocenters. The Kier molecular flexibility index (Phi) is 5.14. The first-order valence-corrected chi connectivity index (χ1v) is 10.6. The van der Waals surface area contributed by atoms with Crippen molar-refractivity contribution in [2.24, 2.45) is 0 Å². The molecule has 3 aromatic heterocycles. The first-order valence-electron chi connectivity index (χ1n) is 10.6. The molecule has 0 spiro atoms. The lowest BCUT2D eigenvalue weighted by molar-refractivity contribution is 0.0690. The summed E-state index contributed by atoms with van der Waals surface area (Å²) in [4.78, 5) is 25.2. The van der Waals surface area contributed by atoms with E-state index in [4.69, 9.17) is 14.3 Å². The number of nitrogens with zero attached hydrogens (tertiary/aromatic N) is 3. The molecule has 1 saturated heterocycles. The third-order valence-corrected chi connectivity index (χ3v) is 6.21. The number of pyridine rings is 1. The number of carboxylic acids is 1. The molecule has 0 radical (unpaired) electrons. The molecule has 2 N–H and O–H groups in total. The van der Waals surface area contributed by atoms with Crippen LogP contribution in [0.5, 0.6) is 5.75 Å². The van der Waals surface area contributed by atoms with Crippen LogP contribution < -0.4 is 4.74 Å². The SMILES string of the molecule is COc1cc(-c2cnc3[nH]cc(-c4nc(C(=O)O)co4)c3c2)ccc1C1CCN(C)CC1. The highest BCUT2D eigenvalue weighted by Gasteiger charge is 2.22. The molecule has 32 heavy (non-hydrogen) atoms. The van der Waals surface area contributed by atoms with Crippen LogP contribution in [-0.4, -0.2) is 58.2 Å². The summed E-state index contributed by atoms with van der Waals surface area (Å²) in [7, 11) is 3.88. The number of H-pyrrole nitrogens is 1. The van der Waals surface area contributed by atoms with E-state index in [-0.39, 0.29) is 11.6 Å². The largest absolute Gasteiger partial charge is 0.496 e. The second-order valence-electron chi connectivity index (χ2n) is 8.20. The molecule has 0 unspecified atom stereocenters. The molecule has 0 amide bonds. The maximum atomic E-state index is 11.1. The van der Waals surface area contributed by atoms with Crippen molar-refractivity contribution in [1.82, 2.24) is 19.9 Å². The number of fused-ring (bicyclic) bond motifs is 1. The standard InChI is InChI=1S/C24H24N4O4/c1-28-7-5-14(6-8-28)17-4-3-15(10-21(17)31-2)16-9-18-19(12-26-22(18)25-11-16)23-27-20(13-32-23)24(29)30/h3-4,9-14H,5-8H2,1-2H3,(H,25,26)(H,29,30). The number of aromatic carboxylic acids is 1. The van der Waals surface area contributed by atoms with Crippen LogP contribution in [0.4, 0.5) is 0 Å². The summed E-state index contributed by atoms with van der Waals surface area (Å²) in [5.74, 6) is 0.504. The summed E-state index contributed by atoms with van der Waals surface area (Å²) in [6.07, 6.45) is 6.93. The van der Waals surface area contributed by atoms with Crippen molar-refractivity contribution in [3.63, 3.8) is 0 Å². The van der Waals surface area contributed by atoms with Gasteiger partial charge in [-0.05, 0) is 62.2 Å². The predicted octanol–water partition coefficient (Wildman–Crippen LogP) is 4.40. The van der Waals surface area contributed by atoms with Gasteiger partial charge in [-0.25, -0.2) is 14.8 Å². The van der Waals surface area contributed by atoms with Crippen molar-refractivity contribution >= 4 is 17.0 Å². The van der Waals surface area contributed by atoms with Gasteiger partial charge < -0.3 is 24.1 Å². The summed E-state index contributed by atoms with van der Waals surface area (Å²) in [6.45, 7) is 2.19. The Labute approximate surface area is 184 Å². The number of oxazole rings is 1. The molecule has 5 rings (SSSR count). The van der Waals surface area contributed by atoms with Crippen LogP contribution in [0.2, 0.25) is 0 Å². The summed E-state index contributed by atoms with van der Waals surface area (Å²) in [5.41, 5.74) is 4.38. The fourth-order valence-electron chi connectivity index (χ4n) is 4.38. The van der Waals surface area contributed by atoms with Crippen LogP contribution in [-0.2, 0) is 0 Å². The normalized spacial score (nSPS) is 15.3. The van der Waals surface area contributed by atoms with E-state index in [9.17, 15) is 4.79 Å². The van der Waals surface area contributed by atoms with Gasteiger partial charge in [0.15, 0.2) is 5.69 Å². The molecular formula is C24H24N4O4. The van der Waals surface area contributed by atoms with Gasteiger partial charge in [0.25, 0.3) is 0 Å². The molecule has 4 heterocycles. The maximum absolute atomic E-state index is 11.1. The quantitative estimate of drug-likeness (QED) is 0.482. The Balaban J connectivity index is 1.51. The highest BCUT2D eigenvalue weighted by Crippen LogP contribution is 2.37. The van der Waals surface area contributed by atoms with Crippen molar-refractivity contribution < 1.29 is 19.1 Å². The first kappa shape index (κ1) is 20.3. The van der Waals surface area contributed by atoms with Crippen LogP contribution in [0.25, 0.3) is 33.6 Å². The third kappa shape index (κ3) is 3.62. The number of aromatic nitrogens is 3. The molecule has 8 nitrogen and oxygen atoms in total. The molecular weight excluding hydrogens is 408 g/mol. The number of carboxylic acid groups (broad SMARTS) is 1. The monoisotopic (exact) mass is 432 g/mol. The molecule has 1 fully saturated rings. The van der Waals surface area contributed by atoms with Gasteiger partial charge in [0.05, 0.1) is 12.7 Å². The second kappa shape index (κ2) is 8.12. The van der Waals surface area contributed by atoms with E-state index in [0.29, 0.717) is 17.1 Å². The molecule has 164 valence electrons. The van der Waals surface area contributed by atoms with Crippen molar-refractivity contribution in [3.05, 3.63) is 54.2 Å². The fraction of sp³-hybridized carbons (Fsp3) is 0.292. The van der Waals surface area contributed by atoms with Crippen LogP contribution in [0.3, 0.4) is 0 Å². The summed E-state index contributed by atoms with van der Waals surface area (Å²) in [5, 5.41) is 9.93. The summed E-state index contributed by atoms with van der Waals surface area (Å²) < 4.78 is 11.1. The lowest BCUT2D eigenvalue weighted by atomic mass is 9.88. The number of nitrogens with one attached hydrogen (secondary N) is 1. The molecule has 4 aromatic rings. The Bertz CT molecular complexity index is 1280. The van der Waals surface area contributed by atoms with Gasteiger partial charge in [0.2, 0.25) is 5.89 Å². The maximum Gasteiger partial charge on any atom is 0.357 e. The van der Waals surface area contributed by atoms with Crippen molar-refractivity contribution in [2.45, 2.75) is 18.8 Å². The number of hydrogen-bond donors (Lipinski definition) is 2. The van der Waals surface area contributed by atoms with E-state index < -0.39 is 5.97 Å². The van der Waals surface area contributed by atoms with Crippen LogP contribution in [0.15, 0.2) is 47.3 Å². The van der Waals surface area contributed by atoms with Gasteiger partial charge in [-0.15, -0.1) is 0 Å². The van der Waals surface area contributed by atoms with Gasteiger partial charge in [-0.2, -0.15) is 0 Å². The van der Waals surface area contributed by atoms with Gasteiger partial charge in [-0.3, -0.25) is 0 Å². The molecule has 1 aromatic carbocycles. The van der Waals surface area contributed by atoms with Crippen molar-refractivity contribution in [1.29, 1.82) is 0 Å². The lowest BCUT2D eigenvalue weighted by Gasteiger charge is -2.30. The minimum atomic E-state index is -1.13. The number of aromatic amines is 1. The van der Waals surface area contributed by atoms with Gasteiger partial charge in [0, 0.05) is 23.3 Å². The van der Waals surface area contributed by atoms with E-state index in [0.717, 1.165) is 54.5 Å². The van der Waals surface area contributed by atoms with Crippen LogP contribution in [0, 0.1) is 0 Å². The molecule has 1 aliphatic heterocycles. The van der Waals surface area contributed by atoms with Gasteiger partial charge >= 0.3 is 5.97 Å². The fourth-order valence-corrected chi connectivity index (χ4v) is 4.38. The zero-order chi connectivity index (χ0) is 22.2.